The van der Waals surface area contributed by atoms with E-state index < -0.39 is 0 Å². The number of aromatic amines is 1. The highest BCUT2D eigenvalue weighted by molar-refractivity contribution is 5.79. The molecular weight excluding hydrogens is 448 g/mol. The average molecular weight is 485 g/mol. The number of nitrogens with one attached hydrogen (secondary N) is 1. The maximum absolute atomic E-state index is 13.1. The number of H-pyrrole nitrogens is 1. The molecule has 0 aliphatic heterocycles. The Kier molecular flexibility index (Phi) is 7.56. The lowest BCUT2D eigenvalue weighted by molar-refractivity contribution is 0.165. The van der Waals surface area contributed by atoms with E-state index in [-0.39, 0.29) is 11.6 Å². The van der Waals surface area contributed by atoms with Crippen molar-refractivity contribution in [3.8, 4) is 0 Å². The van der Waals surface area contributed by atoms with Gasteiger partial charge >= 0.3 is 0 Å². The molecule has 1 unspecified atom stereocenters. The SMILES string of the molecule is CCC(c1nnnn1C1CCCCC1)N(CCc1ccccc1)Cc1cc2ccc(C)cc2[nH]c1=O. The van der Waals surface area contributed by atoms with E-state index in [1.807, 2.05) is 25.1 Å². The highest BCUT2D eigenvalue weighted by atomic mass is 16.1. The maximum atomic E-state index is 13.1. The van der Waals surface area contributed by atoms with Crippen LogP contribution in [0.15, 0.2) is 59.4 Å². The zero-order chi connectivity index (χ0) is 24.9. The van der Waals surface area contributed by atoms with Crippen molar-refractivity contribution in [2.75, 3.05) is 6.54 Å². The first-order valence-corrected chi connectivity index (χ1v) is 13.3. The van der Waals surface area contributed by atoms with E-state index in [1.165, 1.54) is 24.8 Å². The molecule has 1 saturated carbocycles. The Bertz CT molecular complexity index is 1340. The number of tetrazole rings is 1. The maximum Gasteiger partial charge on any atom is 0.252 e. The fourth-order valence-corrected chi connectivity index (χ4v) is 5.57. The fraction of sp³-hybridized carbons (Fsp3) is 0.448. The Labute approximate surface area is 212 Å². The van der Waals surface area contributed by atoms with Crippen LogP contribution < -0.4 is 5.56 Å². The van der Waals surface area contributed by atoms with Crippen LogP contribution in [0, 0.1) is 6.92 Å². The van der Waals surface area contributed by atoms with Crippen LogP contribution in [0.5, 0.6) is 0 Å². The van der Waals surface area contributed by atoms with Crippen LogP contribution in [-0.4, -0.2) is 36.6 Å². The standard InChI is InChI=1S/C29H36N6O/c1-3-27(28-31-32-33-35(28)25-12-8-5-9-13-25)34(17-16-22-10-6-4-7-11-22)20-24-19-23-15-14-21(2)18-26(23)30-29(24)36/h4,6-7,10-11,14-15,18-19,25,27H,3,5,8-9,12-13,16-17,20H2,1-2H3,(H,30,36). The van der Waals surface area contributed by atoms with Gasteiger partial charge in [-0.15, -0.1) is 5.10 Å². The second-order valence-electron chi connectivity index (χ2n) is 10.1. The lowest BCUT2D eigenvalue weighted by Gasteiger charge is -2.32. The molecule has 2 aromatic heterocycles. The van der Waals surface area contributed by atoms with E-state index in [9.17, 15) is 4.79 Å². The molecule has 188 valence electrons. The summed E-state index contributed by atoms with van der Waals surface area (Å²) in [5, 5.41) is 14.1. The largest absolute Gasteiger partial charge is 0.322 e. The third-order valence-electron chi connectivity index (χ3n) is 7.55. The third kappa shape index (κ3) is 5.41. The lowest BCUT2D eigenvalue weighted by Crippen LogP contribution is -2.34. The molecule has 0 saturated heterocycles. The highest BCUT2D eigenvalue weighted by Crippen LogP contribution is 2.32. The first-order chi connectivity index (χ1) is 17.6. The van der Waals surface area contributed by atoms with Crippen molar-refractivity contribution in [3.63, 3.8) is 0 Å². The number of benzene rings is 2. The monoisotopic (exact) mass is 484 g/mol. The molecule has 1 aliphatic rings. The zero-order valence-corrected chi connectivity index (χ0v) is 21.4. The van der Waals surface area contributed by atoms with Gasteiger partial charge in [-0.25, -0.2) is 4.68 Å². The van der Waals surface area contributed by atoms with Gasteiger partial charge in [0.25, 0.3) is 5.56 Å². The van der Waals surface area contributed by atoms with Crippen LogP contribution in [0.3, 0.4) is 0 Å². The van der Waals surface area contributed by atoms with E-state index in [2.05, 4.69) is 73.4 Å². The molecule has 1 N–H and O–H groups in total. The van der Waals surface area contributed by atoms with Gasteiger partial charge in [-0.3, -0.25) is 9.69 Å². The Hall–Kier alpha value is -3.32. The quantitative estimate of drug-likeness (QED) is 0.338. The van der Waals surface area contributed by atoms with Gasteiger partial charge in [-0.05, 0) is 71.7 Å². The smallest absolute Gasteiger partial charge is 0.252 e. The number of fused-ring (bicyclic) bond motifs is 1. The van der Waals surface area contributed by atoms with Crippen LogP contribution >= 0.6 is 0 Å². The summed E-state index contributed by atoms with van der Waals surface area (Å²) in [5.74, 6) is 0.922. The van der Waals surface area contributed by atoms with Gasteiger partial charge in [0.15, 0.2) is 5.82 Å². The second kappa shape index (κ2) is 11.2. The normalized spacial score (nSPS) is 15.5. The van der Waals surface area contributed by atoms with E-state index in [0.717, 1.165) is 60.1 Å². The van der Waals surface area contributed by atoms with Gasteiger partial charge in [-0.2, -0.15) is 0 Å². The molecule has 0 bridgehead atoms. The van der Waals surface area contributed by atoms with Gasteiger partial charge in [0.2, 0.25) is 0 Å². The van der Waals surface area contributed by atoms with Gasteiger partial charge in [0.1, 0.15) is 0 Å². The molecule has 4 aromatic rings. The fourth-order valence-electron chi connectivity index (χ4n) is 5.57. The van der Waals surface area contributed by atoms with E-state index in [4.69, 9.17) is 0 Å². The first-order valence-electron chi connectivity index (χ1n) is 13.3. The number of aryl methyl sites for hydroxylation is 1. The molecule has 1 fully saturated rings. The van der Waals surface area contributed by atoms with Gasteiger partial charge < -0.3 is 4.98 Å². The molecule has 2 aromatic carbocycles. The zero-order valence-electron chi connectivity index (χ0n) is 21.4. The molecule has 5 rings (SSSR count). The number of nitrogens with zero attached hydrogens (tertiary/aromatic N) is 5. The second-order valence-corrected chi connectivity index (χ2v) is 10.1. The van der Waals surface area contributed by atoms with E-state index >= 15 is 0 Å². The molecule has 2 heterocycles. The van der Waals surface area contributed by atoms with Crippen LogP contribution in [-0.2, 0) is 13.0 Å². The summed E-state index contributed by atoms with van der Waals surface area (Å²) in [6, 6.07) is 19.2. The summed E-state index contributed by atoms with van der Waals surface area (Å²) in [7, 11) is 0. The minimum absolute atomic E-state index is 0.0266. The molecule has 0 amide bonds. The number of rotatable bonds is 9. The summed E-state index contributed by atoms with van der Waals surface area (Å²) < 4.78 is 2.08. The highest BCUT2D eigenvalue weighted by Gasteiger charge is 2.29. The molecule has 0 radical (unpaired) electrons. The molecule has 0 spiro atoms. The van der Waals surface area contributed by atoms with Crippen molar-refractivity contribution < 1.29 is 0 Å². The Morgan fingerprint density at radius 1 is 1.08 bits per heavy atom. The van der Waals surface area contributed by atoms with E-state index in [1.54, 1.807) is 0 Å². The molecule has 36 heavy (non-hydrogen) atoms. The summed E-state index contributed by atoms with van der Waals surface area (Å²) in [6.07, 6.45) is 7.76. The number of pyridine rings is 1. The molecule has 7 nitrogen and oxygen atoms in total. The number of aromatic nitrogens is 5. The minimum Gasteiger partial charge on any atom is -0.322 e. The predicted molar refractivity (Wildman–Crippen MR) is 143 cm³/mol. The summed E-state index contributed by atoms with van der Waals surface area (Å²) >= 11 is 0. The van der Waals surface area contributed by atoms with Gasteiger partial charge in [-0.1, -0.05) is 68.7 Å². The summed E-state index contributed by atoms with van der Waals surface area (Å²) in [4.78, 5) is 18.6. The van der Waals surface area contributed by atoms with Crippen LogP contribution in [0.1, 0.15) is 80.0 Å². The minimum atomic E-state index is -0.0282. The average Bonchev–Trinajstić information content (AvgIpc) is 3.39. The van der Waals surface area contributed by atoms with Crippen molar-refractivity contribution in [2.45, 2.75) is 77.4 Å². The van der Waals surface area contributed by atoms with Crippen LogP contribution in [0.2, 0.25) is 0 Å². The van der Waals surface area contributed by atoms with Crippen molar-refractivity contribution >= 4 is 10.9 Å². The number of hydrogen-bond acceptors (Lipinski definition) is 5. The predicted octanol–water partition coefficient (Wildman–Crippen LogP) is 5.52. The van der Waals surface area contributed by atoms with Gasteiger partial charge in [0.05, 0.1) is 12.1 Å². The molecule has 1 aliphatic carbocycles. The summed E-state index contributed by atoms with van der Waals surface area (Å²) in [6.45, 7) is 5.58. The van der Waals surface area contributed by atoms with Crippen LogP contribution in [0.4, 0.5) is 0 Å². The Morgan fingerprint density at radius 3 is 2.67 bits per heavy atom. The van der Waals surface area contributed by atoms with Crippen molar-refractivity contribution in [1.82, 2.24) is 30.1 Å². The Balaban J connectivity index is 1.48. The van der Waals surface area contributed by atoms with Crippen molar-refractivity contribution in [2.24, 2.45) is 0 Å². The lowest BCUT2D eigenvalue weighted by atomic mass is 9.95. The third-order valence-corrected chi connectivity index (χ3v) is 7.55. The number of hydrogen-bond donors (Lipinski definition) is 1. The summed E-state index contributed by atoms with van der Waals surface area (Å²) in [5.41, 5.74) is 4.05. The van der Waals surface area contributed by atoms with Crippen molar-refractivity contribution in [3.05, 3.63) is 87.5 Å². The topological polar surface area (TPSA) is 79.7 Å². The molecule has 7 heteroatoms. The Morgan fingerprint density at radius 2 is 1.89 bits per heavy atom. The van der Waals surface area contributed by atoms with Gasteiger partial charge in [0, 0.05) is 24.2 Å². The molecular formula is C29H36N6O. The van der Waals surface area contributed by atoms with E-state index in [0.29, 0.717) is 12.6 Å². The van der Waals surface area contributed by atoms with Crippen molar-refractivity contribution in [1.29, 1.82) is 0 Å². The van der Waals surface area contributed by atoms with Crippen LogP contribution in [0.25, 0.3) is 10.9 Å². The first kappa shape index (κ1) is 24.4. The molecule has 1 atom stereocenters.